The van der Waals surface area contributed by atoms with Gasteiger partial charge in [-0.3, -0.25) is 0 Å². The van der Waals surface area contributed by atoms with Crippen molar-refractivity contribution >= 4 is 11.3 Å². The zero-order valence-corrected chi connectivity index (χ0v) is 11.7. The lowest BCUT2D eigenvalue weighted by atomic mass is 10.1. The summed E-state index contributed by atoms with van der Waals surface area (Å²) in [5.41, 5.74) is 0. The van der Waals surface area contributed by atoms with E-state index in [9.17, 15) is 0 Å². The van der Waals surface area contributed by atoms with Gasteiger partial charge in [0.15, 0.2) is 0 Å². The highest BCUT2D eigenvalue weighted by atomic mass is 32.1. The third-order valence-corrected chi connectivity index (χ3v) is 3.94. The Labute approximate surface area is 103 Å². The van der Waals surface area contributed by atoms with Gasteiger partial charge in [0.2, 0.25) is 0 Å². The molecule has 3 heteroatoms. The molecule has 0 spiro atoms. The molecule has 0 fully saturated rings. The fourth-order valence-corrected chi connectivity index (χ4v) is 2.67. The second-order valence-corrected chi connectivity index (χ2v) is 5.83. The van der Waals surface area contributed by atoms with E-state index in [4.69, 9.17) is 0 Å². The summed E-state index contributed by atoms with van der Waals surface area (Å²) in [6, 6.07) is 1.03. The highest BCUT2D eigenvalue weighted by Gasteiger charge is 2.11. The second kappa shape index (κ2) is 7.02. The molecule has 0 bridgehead atoms. The number of aryl methyl sites for hydroxylation is 1. The molecular weight excluding hydrogens is 216 g/mol. The van der Waals surface area contributed by atoms with Crippen molar-refractivity contribution in [3.8, 4) is 0 Å². The largest absolute Gasteiger partial charge is 0.307 e. The Morgan fingerprint density at radius 2 is 2.12 bits per heavy atom. The van der Waals surface area contributed by atoms with Gasteiger partial charge < -0.3 is 5.32 Å². The van der Waals surface area contributed by atoms with Gasteiger partial charge in [-0.1, -0.05) is 26.2 Å². The summed E-state index contributed by atoms with van der Waals surface area (Å²) in [6.07, 6.45) is 7.25. The van der Waals surface area contributed by atoms with Gasteiger partial charge in [0, 0.05) is 23.2 Å². The molecule has 0 aliphatic carbocycles. The smallest absolute Gasteiger partial charge is 0.0897 e. The van der Waals surface area contributed by atoms with Crippen LogP contribution in [0, 0.1) is 6.92 Å². The third-order valence-electron chi connectivity index (χ3n) is 2.84. The lowest BCUT2D eigenvalue weighted by Crippen LogP contribution is -2.28. The number of hydrogen-bond acceptors (Lipinski definition) is 3. The SMILES string of the molecule is CCCCCC(C)NC(C)c1cnc(C)s1. The van der Waals surface area contributed by atoms with Crippen LogP contribution in [0.25, 0.3) is 0 Å². The summed E-state index contributed by atoms with van der Waals surface area (Å²) in [6.45, 7) is 8.82. The highest BCUT2D eigenvalue weighted by molar-refractivity contribution is 7.11. The summed E-state index contributed by atoms with van der Waals surface area (Å²) in [4.78, 5) is 5.65. The number of rotatable bonds is 7. The van der Waals surface area contributed by atoms with Crippen molar-refractivity contribution in [2.45, 2.75) is 65.5 Å². The van der Waals surface area contributed by atoms with E-state index in [0.717, 1.165) is 5.01 Å². The number of unbranched alkanes of at least 4 members (excludes halogenated alkanes) is 2. The van der Waals surface area contributed by atoms with Crippen LogP contribution in [-0.2, 0) is 0 Å². The molecule has 1 aromatic heterocycles. The average molecular weight is 240 g/mol. The van der Waals surface area contributed by atoms with Crippen LogP contribution >= 0.6 is 11.3 Å². The molecule has 0 aromatic carbocycles. The molecule has 0 radical (unpaired) electrons. The fourth-order valence-electron chi connectivity index (χ4n) is 1.87. The zero-order valence-electron chi connectivity index (χ0n) is 10.9. The maximum absolute atomic E-state index is 4.30. The summed E-state index contributed by atoms with van der Waals surface area (Å²) < 4.78 is 0. The standard InChI is InChI=1S/C13H24N2S/c1-5-6-7-8-10(2)15-11(3)13-9-14-12(4)16-13/h9-11,15H,5-8H2,1-4H3. The maximum Gasteiger partial charge on any atom is 0.0897 e. The Hall–Kier alpha value is -0.410. The normalized spacial score (nSPS) is 15.0. The van der Waals surface area contributed by atoms with Crippen LogP contribution in [0.1, 0.15) is 62.4 Å². The molecular formula is C13H24N2S. The van der Waals surface area contributed by atoms with Crippen LogP contribution in [0.15, 0.2) is 6.20 Å². The Morgan fingerprint density at radius 1 is 1.38 bits per heavy atom. The maximum atomic E-state index is 4.30. The van der Waals surface area contributed by atoms with Crippen molar-refractivity contribution in [3.05, 3.63) is 16.1 Å². The molecule has 1 aromatic rings. The molecule has 1 heterocycles. The predicted octanol–water partition coefficient (Wildman–Crippen LogP) is 4.07. The monoisotopic (exact) mass is 240 g/mol. The van der Waals surface area contributed by atoms with Gasteiger partial charge in [-0.05, 0) is 27.2 Å². The number of nitrogens with one attached hydrogen (secondary N) is 1. The lowest BCUT2D eigenvalue weighted by molar-refractivity contribution is 0.443. The minimum Gasteiger partial charge on any atom is -0.307 e. The molecule has 0 aliphatic heterocycles. The van der Waals surface area contributed by atoms with Crippen LogP contribution in [0.2, 0.25) is 0 Å². The van der Waals surface area contributed by atoms with Gasteiger partial charge in [0.05, 0.1) is 5.01 Å². The molecule has 0 saturated carbocycles. The van der Waals surface area contributed by atoms with E-state index < -0.39 is 0 Å². The second-order valence-electron chi connectivity index (χ2n) is 4.57. The van der Waals surface area contributed by atoms with Crippen molar-refractivity contribution in [1.29, 1.82) is 0 Å². The summed E-state index contributed by atoms with van der Waals surface area (Å²) in [5, 5.41) is 4.79. The highest BCUT2D eigenvalue weighted by Crippen LogP contribution is 2.20. The molecule has 2 atom stereocenters. The van der Waals surface area contributed by atoms with E-state index in [1.807, 2.05) is 6.20 Å². The van der Waals surface area contributed by atoms with E-state index in [1.54, 1.807) is 11.3 Å². The Balaban J connectivity index is 2.30. The van der Waals surface area contributed by atoms with Gasteiger partial charge >= 0.3 is 0 Å². The molecule has 0 amide bonds. The quantitative estimate of drug-likeness (QED) is 0.727. The minimum absolute atomic E-state index is 0.433. The van der Waals surface area contributed by atoms with E-state index in [0.29, 0.717) is 12.1 Å². The van der Waals surface area contributed by atoms with E-state index in [1.165, 1.54) is 30.6 Å². The molecule has 2 nitrogen and oxygen atoms in total. The topological polar surface area (TPSA) is 24.9 Å². The van der Waals surface area contributed by atoms with E-state index >= 15 is 0 Å². The predicted molar refractivity (Wildman–Crippen MR) is 72.0 cm³/mol. The summed E-state index contributed by atoms with van der Waals surface area (Å²) in [7, 11) is 0. The lowest BCUT2D eigenvalue weighted by Gasteiger charge is -2.18. The Morgan fingerprint density at radius 3 is 2.69 bits per heavy atom. The Bertz CT molecular complexity index is 296. The Kier molecular flexibility index (Phi) is 5.99. The van der Waals surface area contributed by atoms with Gasteiger partial charge in [-0.25, -0.2) is 4.98 Å². The van der Waals surface area contributed by atoms with Gasteiger partial charge in [0.25, 0.3) is 0 Å². The molecule has 16 heavy (non-hydrogen) atoms. The first-order valence-electron chi connectivity index (χ1n) is 6.31. The van der Waals surface area contributed by atoms with Crippen molar-refractivity contribution in [2.75, 3.05) is 0 Å². The van der Waals surface area contributed by atoms with Crippen molar-refractivity contribution in [1.82, 2.24) is 10.3 Å². The first-order chi connectivity index (χ1) is 7.63. The van der Waals surface area contributed by atoms with Crippen molar-refractivity contribution in [3.63, 3.8) is 0 Å². The van der Waals surface area contributed by atoms with Crippen molar-refractivity contribution < 1.29 is 0 Å². The van der Waals surface area contributed by atoms with Gasteiger partial charge in [-0.15, -0.1) is 11.3 Å². The summed E-state index contributed by atoms with van der Waals surface area (Å²) >= 11 is 1.79. The molecule has 92 valence electrons. The van der Waals surface area contributed by atoms with Crippen LogP contribution in [-0.4, -0.2) is 11.0 Å². The molecule has 2 unspecified atom stereocenters. The number of thiazole rings is 1. The number of aromatic nitrogens is 1. The number of nitrogens with zero attached hydrogens (tertiary/aromatic N) is 1. The first kappa shape index (κ1) is 13.7. The fraction of sp³-hybridized carbons (Fsp3) is 0.769. The zero-order chi connectivity index (χ0) is 12.0. The molecule has 0 aliphatic rings. The van der Waals surface area contributed by atoms with Crippen LogP contribution in [0.3, 0.4) is 0 Å². The first-order valence-corrected chi connectivity index (χ1v) is 7.13. The van der Waals surface area contributed by atoms with Crippen LogP contribution in [0.5, 0.6) is 0 Å². The van der Waals surface area contributed by atoms with E-state index in [-0.39, 0.29) is 0 Å². The van der Waals surface area contributed by atoms with Crippen molar-refractivity contribution in [2.24, 2.45) is 0 Å². The number of hydrogen-bond donors (Lipinski definition) is 1. The van der Waals surface area contributed by atoms with Crippen LogP contribution < -0.4 is 5.32 Å². The third kappa shape index (κ3) is 4.62. The molecule has 1 rings (SSSR count). The van der Waals surface area contributed by atoms with Gasteiger partial charge in [-0.2, -0.15) is 0 Å². The minimum atomic E-state index is 0.433. The van der Waals surface area contributed by atoms with E-state index in [2.05, 4.69) is 38.0 Å². The summed E-state index contributed by atoms with van der Waals surface area (Å²) in [5.74, 6) is 0. The van der Waals surface area contributed by atoms with Gasteiger partial charge in [0.1, 0.15) is 0 Å². The molecule has 1 N–H and O–H groups in total. The molecule has 0 saturated heterocycles. The van der Waals surface area contributed by atoms with Crippen LogP contribution in [0.4, 0.5) is 0 Å². The average Bonchev–Trinajstić information content (AvgIpc) is 2.65.